The molecule has 1 aliphatic rings. The molecule has 2 aromatic rings. The number of ketones is 1. The van der Waals surface area contributed by atoms with E-state index in [4.69, 9.17) is 16.3 Å². The zero-order valence-corrected chi connectivity index (χ0v) is 17.0. The molecule has 0 saturated carbocycles. The van der Waals surface area contributed by atoms with Crippen LogP contribution in [0.1, 0.15) is 53.9 Å². The van der Waals surface area contributed by atoms with Gasteiger partial charge in [-0.05, 0) is 54.8 Å². The quantitative estimate of drug-likeness (QED) is 0.634. The molecule has 0 bridgehead atoms. The Hall–Kier alpha value is -2.33. The number of hydrogen-bond acceptors (Lipinski definition) is 3. The summed E-state index contributed by atoms with van der Waals surface area (Å²) < 4.78 is 5.23. The fourth-order valence-corrected chi connectivity index (χ4v) is 3.80. The summed E-state index contributed by atoms with van der Waals surface area (Å²) >= 11 is 5.86. The van der Waals surface area contributed by atoms with Gasteiger partial charge < -0.3 is 9.64 Å². The highest BCUT2D eigenvalue weighted by Gasteiger charge is 2.23. The highest BCUT2D eigenvalue weighted by molar-refractivity contribution is 6.30. The summed E-state index contributed by atoms with van der Waals surface area (Å²) in [5.41, 5.74) is 1.84. The predicted molar refractivity (Wildman–Crippen MR) is 111 cm³/mol. The van der Waals surface area contributed by atoms with Gasteiger partial charge in [0.15, 0.2) is 5.78 Å². The molecule has 0 aliphatic carbocycles. The molecule has 0 N–H and O–H groups in total. The zero-order valence-electron chi connectivity index (χ0n) is 16.2. The Labute approximate surface area is 171 Å². The van der Waals surface area contributed by atoms with Gasteiger partial charge in [-0.3, -0.25) is 9.59 Å². The minimum Gasteiger partial charge on any atom is -0.497 e. The molecule has 1 amide bonds. The van der Waals surface area contributed by atoms with Crippen molar-refractivity contribution in [1.29, 1.82) is 0 Å². The molecule has 0 aromatic heterocycles. The van der Waals surface area contributed by atoms with Crippen LogP contribution in [0.5, 0.6) is 5.75 Å². The van der Waals surface area contributed by atoms with Crippen LogP contribution in [-0.2, 0) is 4.79 Å². The number of methoxy groups -OCH3 is 1. The first-order valence-corrected chi connectivity index (χ1v) is 10.1. The Morgan fingerprint density at radius 2 is 1.75 bits per heavy atom. The molecule has 4 nitrogen and oxygen atoms in total. The molecule has 1 saturated heterocycles. The number of likely N-dealkylation sites (tertiary alicyclic amines) is 1. The number of ether oxygens (including phenoxy) is 1. The van der Waals surface area contributed by atoms with Crippen LogP contribution in [0.4, 0.5) is 0 Å². The molecule has 2 aromatic carbocycles. The topological polar surface area (TPSA) is 46.6 Å². The van der Waals surface area contributed by atoms with Crippen LogP contribution in [0.15, 0.2) is 48.5 Å². The van der Waals surface area contributed by atoms with Gasteiger partial charge in [0.05, 0.1) is 7.11 Å². The van der Waals surface area contributed by atoms with E-state index in [2.05, 4.69) is 12.1 Å². The van der Waals surface area contributed by atoms with Gasteiger partial charge in [-0.2, -0.15) is 0 Å². The van der Waals surface area contributed by atoms with Gasteiger partial charge in [0, 0.05) is 42.4 Å². The monoisotopic (exact) mass is 399 g/mol. The van der Waals surface area contributed by atoms with Gasteiger partial charge in [-0.15, -0.1) is 0 Å². The molecular weight excluding hydrogens is 374 g/mol. The molecule has 1 aliphatic heterocycles. The van der Waals surface area contributed by atoms with E-state index in [1.807, 2.05) is 17.0 Å². The van der Waals surface area contributed by atoms with E-state index in [9.17, 15) is 9.59 Å². The second kappa shape index (κ2) is 9.74. The Bertz CT molecular complexity index is 802. The summed E-state index contributed by atoms with van der Waals surface area (Å²) in [6.07, 6.45) is 3.65. The van der Waals surface area contributed by atoms with E-state index in [-0.39, 0.29) is 24.5 Å². The average molecular weight is 400 g/mol. The molecule has 3 rings (SSSR count). The summed E-state index contributed by atoms with van der Waals surface area (Å²) in [5, 5.41) is 0.599. The summed E-state index contributed by atoms with van der Waals surface area (Å²) in [7, 11) is 1.66. The van der Waals surface area contributed by atoms with Crippen molar-refractivity contribution >= 4 is 23.3 Å². The van der Waals surface area contributed by atoms with E-state index in [1.165, 1.54) is 5.56 Å². The molecule has 28 heavy (non-hydrogen) atoms. The molecule has 5 heteroatoms. The fourth-order valence-electron chi connectivity index (χ4n) is 3.68. The van der Waals surface area contributed by atoms with Crippen molar-refractivity contribution in [3.8, 4) is 5.75 Å². The van der Waals surface area contributed by atoms with Gasteiger partial charge in [-0.1, -0.05) is 30.2 Å². The van der Waals surface area contributed by atoms with Crippen LogP contribution in [0.25, 0.3) is 0 Å². The van der Waals surface area contributed by atoms with Crippen LogP contribution in [-0.4, -0.2) is 36.8 Å². The number of hydrogen-bond donors (Lipinski definition) is 0. The highest BCUT2D eigenvalue weighted by atomic mass is 35.5. The lowest BCUT2D eigenvalue weighted by atomic mass is 9.94. The van der Waals surface area contributed by atoms with Gasteiger partial charge in [-0.25, -0.2) is 0 Å². The second-order valence-corrected chi connectivity index (χ2v) is 7.67. The molecule has 0 spiro atoms. The lowest BCUT2D eigenvalue weighted by Crippen LogP contribution is -2.34. The van der Waals surface area contributed by atoms with Crippen LogP contribution in [0, 0.1) is 0 Å². The number of amides is 1. The first-order valence-electron chi connectivity index (χ1n) is 9.77. The van der Waals surface area contributed by atoms with E-state index < -0.39 is 0 Å². The van der Waals surface area contributed by atoms with Crippen LogP contribution in [0.2, 0.25) is 5.02 Å². The molecule has 1 fully saturated rings. The number of Topliss-reactive ketones (excluding diaryl/α,β-unsaturated/α-hetero) is 1. The molecule has 0 radical (unpaired) electrons. The van der Waals surface area contributed by atoms with Gasteiger partial charge in [0.2, 0.25) is 5.91 Å². The van der Waals surface area contributed by atoms with Crippen molar-refractivity contribution in [1.82, 2.24) is 4.90 Å². The average Bonchev–Trinajstić information content (AvgIpc) is 2.99. The Kier molecular flexibility index (Phi) is 7.10. The number of halogens is 1. The largest absolute Gasteiger partial charge is 0.497 e. The molecule has 1 atom stereocenters. The Morgan fingerprint density at radius 1 is 1.04 bits per heavy atom. The van der Waals surface area contributed by atoms with E-state index >= 15 is 0 Å². The third-order valence-corrected chi connectivity index (χ3v) is 5.60. The van der Waals surface area contributed by atoms with Crippen molar-refractivity contribution < 1.29 is 14.3 Å². The summed E-state index contributed by atoms with van der Waals surface area (Å²) in [6, 6.07) is 14.9. The smallest absolute Gasteiger partial charge is 0.223 e. The number of rotatable bonds is 6. The summed E-state index contributed by atoms with van der Waals surface area (Å²) in [5.74, 6) is 1.20. The normalized spacial score (nSPS) is 17.1. The second-order valence-electron chi connectivity index (χ2n) is 7.24. The highest BCUT2D eigenvalue weighted by Crippen LogP contribution is 2.28. The number of carbonyl (C=O) groups is 2. The van der Waals surface area contributed by atoms with Gasteiger partial charge >= 0.3 is 0 Å². The third kappa shape index (κ3) is 5.35. The van der Waals surface area contributed by atoms with Gasteiger partial charge in [0.25, 0.3) is 0 Å². The maximum absolute atomic E-state index is 12.8. The number of nitrogens with zero attached hydrogens (tertiary/aromatic N) is 1. The SMILES string of the molecule is COc1ccc(C2CCCCN(C(=O)CCC(=O)c3ccc(Cl)cc3)C2)cc1. The maximum atomic E-state index is 12.8. The van der Waals surface area contributed by atoms with Crippen LogP contribution in [0.3, 0.4) is 0 Å². The van der Waals surface area contributed by atoms with Gasteiger partial charge in [0.1, 0.15) is 5.75 Å². The predicted octanol–water partition coefficient (Wildman–Crippen LogP) is 5.11. The van der Waals surface area contributed by atoms with E-state index in [1.54, 1.807) is 31.4 Å². The Morgan fingerprint density at radius 3 is 2.43 bits per heavy atom. The summed E-state index contributed by atoms with van der Waals surface area (Å²) in [4.78, 5) is 27.0. The van der Waals surface area contributed by atoms with E-state index in [0.29, 0.717) is 23.0 Å². The summed E-state index contributed by atoms with van der Waals surface area (Å²) in [6.45, 7) is 1.47. The van der Waals surface area contributed by atoms with Crippen LogP contribution >= 0.6 is 11.6 Å². The van der Waals surface area contributed by atoms with Crippen LogP contribution < -0.4 is 4.74 Å². The zero-order chi connectivity index (χ0) is 19.9. The number of carbonyl (C=O) groups excluding carboxylic acids is 2. The minimum absolute atomic E-state index is 0.0217. The van der Waals surface area contributed by atoms with Crippen molar-refractivity contribution in [3.05, 3.63) is 64.7 Å². The third-order valence-electron chi connectivity index (χ3n) is 5.34. The minimum atomic E-state index is -0.0217. The molecule has 1 unspecified atom stereocenters. The Balaban J connectivity index is 1.58. The first kappa shape index (κ1) is 20.4. The van der Waals surface area contributed by atoms with Crippen molar-refractivity contribution in [3.63, 3.8) is 0 Å². The lowest BCUT2D eigenvalue weighted by molar-refractivity contribution is -0.131. The maximum Gasteiger partial charge on any atom is 0.223 e. The fraction of sp³-hybridized carbons (Fsp3) is 0.391. The van der Waals surface area contributed by atoms with Crippen molar-refractivity contribution in [2.45, 2.75) is 38.0 Å². The molecule has 1 heterocycles. The molecule has 148 valence electrons. The van der Waals surface area contributed by atoms with Crippen molar-refractivity contribution in [2.24, 2.45) is 0 Å². The number of benzene rings is 2. The van der Waals surface area contributed by atoms with E-state index in [0.717, 1.165) is 31.6 Å². The van der Waals surface area contributed by atoms with Crippen molar-refractivity contribution in [2.75, 3.05) is 20.2 Å². The standard InChI is InChI=1S/C23H26ClNO3/c1-28-21-11-7-17(8-12-21)19-4-2-3-15-25(16-19)23(27)14-13-22(26)18-5-9-20(24)10-6-18/h5-12,19H,2-4,13-16H2,1H3. The lowest BCUT2D eigenvalue weighted by Gasteiger charge is -2.25. The first-order chi connectivity index (χ1) is 13.6. The molecular formula is C23H26ClNO3.